The molecule has 0 unspecified atom stereocenters. The molecule has 1 saturated heterocycles. The first-order chi connectivity index (χ1) is 14.3. The van der Waals surface area contributed by atoms with Gasteiger partial charge in [0.2, 0.25) is 17.7 Å². The lowest BCUT2D eigenvalue weighted by Crippen LogP contribution is -2.33. The van der Waals surface area contributed by atoms with E-state index in [1.165, 1.54) is 0 Å². The number of anilines is 1. The number of nitrogens with zero attached hydrogens (tertiary/aromatic N) is 5. The zero-order valence-electron chi connectivity index (χ0n) is 17.9. The molecule has 30 heavy (non-hydrogen) atoms. The Labute approximate surface area is 176 Å². The molecule has 1 amide bonds. The molecular formula is C22H28N6O2. The van der Waals surface area contributed by atoms with Crippen molar-refractivity contribution in [1.29, 1.82) is 0 Å². The summed E-state index contributed by atoms with van der Waals surface area (Å²) >= 11 is 0. The van der Waals surface area contributed by atoms with Crippen LogP contribution in [-0.4, -0.2) is 43.9 Å². The number of hydrogen-bond donors (Lipinski definition) is 1. The van der Waals surface area contributed by atoms with Crippen LogP contribution in [0.4, 0.5) is 5.82 Å². The van der Waals surface area contributed by atoms with Crippen molar-refractivity contribution in [1.82, 2.24) is 24.9 Å². The highest BCUT2D eigenvalue weighted by Gasteiger charge is 2.32. The predicted molar refractivity (Wildman–Crippen MR) is 113 cm³/mol. The Morgan fingerprint density at radius 2 is 2.00 bits per heavy atom. The Bertz CT molecular complexity index is 1020. The van der Waals surface area contributed by atoms with Crippen molar-refractivity contribution in [2.75, 3.05) is 18.4 Å². The van der Waals surface area contributed by atoms with Crippen LogP contribution < -0.4 is 5.32 Å². The summed E-state index contributed by atoms with van der Waals surface area (Å²) in [5.41, 5.74) is 1.70. The molecule has 0 saturated carbocycles. The van der Waals surface area contributed by atoms with Gasteiger partial charge in [0.15, 0.2) is 0 Å². The summed E-state index contributed by atoms with van der Waals surface area (Å²) in [5, 5.41) is 15.9. The van der Waals surface area contributed by atoms with Gasteiger partial charge in [0, 0.05) is 18.4 Å². The Balaban J connectivity index is 1.53. The highest BCUT2D eigenvalue weighted by molar-refractivity contribution is 5.91. The van der Waals surface area contributed by atoms with Crippen molar-refractivity contribution in [3.05, 3.63) is 53.9 Å². The quantitative estimate of drug-likeness (QED) is 0.693. The van der Waals surface area contributed by atoms with Crippen LogP contribution in [-0.2, 0) is 10.2 Å². The van der Waals surface area contributed by atoms with E-state index in [-0.39, 0.29) is 23.9 Å². The summed E-state index contributed by atoms with van der Waals surface area (Å²) in [6, 6.07) is 11.8. The summed E-state index contributed by atoms with van der Waals surface area (Å²) in [6.45, 7) is 9.19. The fraction of sp³-hybridized carbons (Fsp3) is 0.455. The highest BCUT2D eigenvalue weighted by atomic mass is 16.4. The molecule has 8 nitrogen and oxygen atoms in total. The minimum Gasteiger partial charge on any atom is -0.424 e. The average Bonchev–Trinajstić information content (AvgIpc) is 3.42. The van der Waals surface area contributed by atoms with Crippen molar-refractivity contribution in [2.24, 2.45) is 0 Å². The summed E-state index contributed by atoms with van der Waals surface area (Å²) in [4.78, 5) is 15.0. The van der Waals surface area contributed by atoms with Gasteiger partial charge in [-0.25, -0.2) is 4.68 Å². The number of para-hydroxylation sites is 1. The Morgan fingerprint density at radius 1 is 1.23 bits per heavy atom. The third-order valence-electron chi connectivity index (χ3n) is 5.28. The van der Waals surface area contributed by atoms with Crippen LogP contribution in [0.3, 0.4) is 0 Å². The minimum atomic E-state index is -0.130. The van der Waals surface area contributed by atoms with Gasteiger partial charge < -0.3 is 9.73 Å². The van der Waals surface area contributed by atoms with Gasteiger partial charge >= 0.3 is 0 Å². The lowest BCUT2D eigenvalue weighted by molar-refractivity contribution is -0.117. The van der Waals surface area contributed by atoms with Crippen LogP contribution in [0.15, 0.2) is 40.8 Å². The maximum Gasteiger partial charge on any atom is 0.239 e. The molecule has 1 aliphatic heterocycles. The maximum atomic E-state index is 12.9. The first kappa shape index (κ1) is 20.3. The van der Waals surface area contributed by atoms with Crippen molar-refractivity contribution in [2.45, 2.75) is 52.0 Å². The Hall–Kier alpha value is -3.00. The molecule has 3 heterocycles. The number of aromatic nitrogens is 4. The highest BCUT2D eigenvalue weighted by Crippen LogP contribution is 2.31. The molecule has 0 spiro atoms. The van der Waals surface area contributed by atoms with Crippen LogP contribution >= 0.6 is 0 Å². The van der Waals surface area contributed by atoms with Gasteiger partial charge in [-0.3, -0.25) is 9.69 Å². The summed E-state index contributed by atoms with van der Waals surface area (Å²) in [5.74, 6) is 1.71. The topological polar surface area (TPSA) is 89.1 Å². The number of benzene rings is 1. The number of carbonyl (C=O) groups excluding carboxylic acids is 1. The number of rotatable bonds is 5. The number of aryl methyl sites for hydroxylation is 1. The van der Waals surface area contributed by atoms with Crippen molar-refractivity contribution in [3.63, 3.8) is 0 Å². The third-order valence-corrected chi connectivity index (χ3v) is 5.28. The number of carbonyl (C=O) groups is 1. The van der Waals surface area contributed by atoms with E-state index in [0.29, 0.717) is 17.6 Å². The second-order valence-corrected chi connectivity index (χ2v) is 8.75. The molecule has 1 N–H and O–H groups in total. The number of amides is 1. The number of likely N-dealkylation sites (tertiary alicyclic amines) is 1. The van der Waals surface area contributed by atoms with Crippen molar-refractivity contribution in [3.8, 4) is 5.69 Å². The van der Waals surface area contributed by atoms with Crippen LogP contribution in [0, 0.1) is 6.92 Å². The second kappa shape index (κ2) is 8.02. The van der Waals surface area contributed by atoms with Gasteiger partial charge in [-0.2, -0.15) is 5.10 Å². The molecular weight excluding hydrogens is 380 g/mol. The monoisotopic (exact) mass is 408 g/mol. The van der Waals surface area contributed by atoms with Crippen LogP contribution in [0.25, 0.3) is 5.69 Å². The molecule has 3 aromatic rings. The van der Waals surface area contributed by atoms with Gasteiger partial charge in [-0.1, -0.05) is 39.0 Å². The molecule has 0 bridgehead atoms. The number of nitrogens with one attached hydrogen (secondary N) is 1. The zero-order chi connectivity index (χ0) is 21.3. The third kappa shape index (κ3) is 4.28. The van der Waals surface area contributed by atoms with Gasteiger partial charge in [0.05, 0.1) is 24.0 Å². The first-order valence-electron chi connectivity index (χ1n) is 10.3. The molecule has 1 aliphatic rings. The van der Waals surface area contributed by atoms with Gasteiger partial charge in [-0.15, -0.1) is 10.2 Å². The zero-order valence-corrected chi connectivity index (χ0v) is 17.9. The van der Waals surface area contributed by atoms with Gasteiger partial charge in [0.25, 0.3) is 0 Å². The van der Waals surface area contributed by atoms with E-state index >= 15 is 0 Å². The molecule has 8 heteroatoms. The van der Waals surface area contributed by atoms with Crippen LogP contribution in [0.2, 0.25) is 0 Å². The SMILES string of the molecule is Cc1nnc([C@H]2CCCN2CC(=O)Nc2cc(C(C)(C)C)nn2-c2ccccc2)o1. The second-order valence-electron chi connectivity index (χ2n) is 8.75. The van der Waals surface area contributed by atoms with E-state index in [9.17, 15) is 4.79 Å². The van der Waals surface area contributed by atoms with Crippen molar-refractivity contribution >= 4 is 11.7 Å². The Morgan fingerprint density at radius 3 is 2.67 bits per heavy atom. The molecule has 0 aliphatic carbocycles. The minimum absolute atomic E-state index is 0.0129. The summed E-state index contributed by atoms with van der Waals surface area (Å²) in [7, 11) is 0. The fourth-order valence-electron chi connectivity index (χ4n) is 3.71. The average molecular weight is 409 g/mol. The summed E-state index contributed by atoms with van der Waals surface area (Å²) in [6.07, 6.45) is 1.90. The van der Waals surface area contributed by atoms with E-state index in [1.807, 2.05) is 36.4 Å². The van der Waals surface area contributed by atoms with Crippen LogP contribution in [0.1, 0.15) is 57.1 Å². The van der Waals surface area contributed by atoms with E-state index in [2.05, 4.69) is 41.2 Å². The Kier molecular flexibility index (Phi) is 5.42. The molecule has 1 atom stereocenters. The van der Waals surface area contributed by atoms with E-state index in [0.717, 1.165) is 30.8 Å². The number of hydrogen-bond acceptors (Lipinski definition) is 6. The van der Waals surface area contributed by atoms with Crippen molar-refractivity contribution < 1.29 is 9.21 Å². The van der Waals surface area contributed by atoms with E-state index < -0.39 is 0 Å². The molecule has 2 aromatic heterocycles. The smallest absolute Gasteiger partial charge is 0.239 e. The first-order valence-corrected chi connectivity index (χ1v) is 10.3. The van der Waals surface area contributed by atoms with Gasteiger partial charge in [-0.05, 0) is 31.5 Å². The normalized spacial score (nSPS) is 17.4. The molecule has 0 radical (unpaired) electrons. The predicted octanol–water partition coefficient (Wildman–Crippen LogP) is 3.64. The van der Waals surface area contributed by atoms with Crippen LogP contribution in [0.5, 0.6) is 0 Å². The molecule has 158 valence electrons. The largest absolute Gasteiger partial charge is 0.424 e. The van der Waals surface area contributed by atoms with E-state index in [4.69, 9.17) is 9.52 Å². The maximum absolute atomic E-state index is 12.9. The standard InChI is InChI=1S/C22H28N6O2/c1-15-24-25-21(30-15)17-11-8-12-27(17)14-20(29)23-19-13-18(22(2,3)4)26-28(19)16-9-6-5-7-10-16/h5-7,9-10,13,17H,8,11-12,14H2,1-4H3,(H,23,29)/t17-/m1/s1. The van der Waals surface area contributed by atoms with Gasteiger partial charge in [0.1, 0.15) is 5.82 Å². The lowest BCUT2D eigenvalue weighted by atomic mass is 9.92. The fourth-order valence-corrected chi connectivity index (χ4v) is 3.71. The van der Waals surface area contributed by atoms with E-state index in [1.54, 1.807) is 11.6 Å². The molecule has 1 aromatic carbocycles. The summed E-state index contributed by atoms with van der Waals surface area (Å²) < 4.78 is 7.40. The molecule has 4 rings (SSSR count). The molecule has 1 fully saturated rings. The lowest BCUT2D eigenvalue weighted by Gasteiger charge is -2.21.